The molecule has 0 bridgehead atoms. The highest BCUT2D eigenvalue weighted by molar-refractivity contribution is 14.1. The third kappa shape index (κ3) is 12.4. The van der Waals surface area contributed by atoms with Gasteiger partial charge in [-0.3, -0.25) is 14.6 Å². The van der Waals surface area contributed by atoms with Crippen molar-refractivity contribution in [2.45, 2.75) is 19.3 Å². The quantitative estimate of drug-likeness (QED) is 0.325. The lowest BCUT2D eigenvalue weighted by atomic mass is 10.3. The first-order valence-corrected chi connectivity index (χ1v) is 8.79. The summed E-state index contributed by atoms with van der Waals surface area (Å²) < 4.78 is 4.85. The fourth-order valence-corrected chi connectivity index (χ4v) is 1.10. The van der Waals surface area contributed by atoms with Gasteiger partial charge in [-0.15, -0.1) is 0 Å². The van der Waals surface area contributed by atoms with Crippen LogP contribution < -0.4 is 0 Å². The summed E-state index contributed by atoms with van der Waals surface area (Å²) in [5, 5.41) is 8.35. The maximum Gasteiger partial charge on any atom is 0.306 e. The largest absolute Gasteiger partial charge is 0.481 e. The van der Waals surface area contributed by atoms with Crippen LogP contribution in [0.2, 0.25) is 0 Å². The predicted molar refractivity (Wildman–Crippen MR) is 89.8 cm³/mol. The van der Waals surface area contributed by atoms with Crippen LogP contribution in [0.3, 0.4) is 0 Å². The van der Waals surface area contributed by atoms with Gasteiger partial charge in [0, 0.05) is 18.3 Å². The molecule has 0 amide bonds. The summed E-state index contributed by atoms with van der Waals surface area (Å²) in [6.07, 6.45) is 1.93. The lowest BCUT2D eigenvalue weighted by molar-refractivity contribution is -0.147. The second kappa shape index (κ2) is 13.3. The zero-order valence-corrected chi connectivity index (χ0v) is 14.4. The second-order valence-electron chi connectivity index (χ2n) is 3.58. The predicted octanol–water partition coefficient (Wildman–Crippen LogP) is 2.30. The maximum atomic E-state index is 11.0. The number of ether oxygens (including phenoxy) is 1. The standard InChI is InChI=1S/C11H13NO4.CH4BIP/c13-10(14)4-5-11(15)16-8-6-9-3-1-2-7-12-9;1-4-2-3/h1-3,7H,4-6,8H2,(H,13,14);4H,1H3. The van der Waals surface area contributed by atoms with Gasteiger partial charge in [0.2, 0.25) is 4.86 Å². The van der Waals surface area contributed by atoms with E-state index >= 15 is 0 Å². The summed E-state index contributed by atoms with van der Waals surface area (Å²) in [6, 6.07) is 5.50. The van der Waals surface area contributed by atoms with Crippen molar-refractivity contribution in [1.82, 2.24) is 4.98 Å². The third-order valence-electron chi connectivity index (χ3n) is 2.00. The van der Waals surface area contributed by atoms with Gasteiger partial charge < -0.3 is 9.84 Å². The highest BCUT2D eigenvalue weighted by Gasteiger charge is 2.06. The molecular weight excluding hydrogens is 391 g/mol. The van der Waals surface area contributed by atoms with E-state index in [1.807, 2.05) is 18.2 Å². The molecule has 5 nitrogen and oxygen atoms in total. The molecule has 109 valence electrons. The Hall–Kier alpha value is -0.685. The number of carbonyl (C=O) groups is 2. The van der Waals surface area contributed by atoms with E-state index in [9.17, 15) is 9.59 Å². The molecule has 1 rings (SSSR count). The summed E-state index contributed by atoms with van der Waals surface area (Å²) in [4.78, 5) is 27.4. The molecule has 0 spiro atoms. The molecule has 1 aromatic heterocycles. The number of rotatable bonds is 7. The van der Waals surface area contributed by atoms with Crippen molar-refractivity contribution in [2.75, 3.05) is 13.3 Å². The van der Waals surface area contributed by atoms with Crippen LogP contribution in [0.25, 0.3) is 0 Å². The third-order valence-corrected chi connectivity index (χ3v) is 4.09. The van der Waals surface area contributed by atoms with Crippen molar-refractivity contribution in [3.05, 3.63) is 30.1 Å². The Kier molecular flexibility index (Phi) is 12.8. The van der Waals surface area contributed by atoms with Gasteiger partial charge in [-0.1, -0.05) is 12.7 Å². The van der Waals surface area contributed by atoms with Crippen LogP contribution in [-0.4, -0.2) is 40.2 Å². The van der Waals surface area contributed by atoms with Crippen molar-refractivity contribution in [3.8, 4) is 0 Å². The molecule has 0 aliphatic heterocycles. The Morgan fingerprint density at radius 2 is 2.15 bits per heavy atom. The summed E-state index contributed by atoms with van der Waals surface area (Å²) in [5.74, 6) is -1.49. The van der Waals surface area contributed by atoms with Gasteiger partial charge >= 0.3 is 11.9 Å². The Balaban J connectivity index is 0.000000796. The Morgan fingerprint density at radius 1 is 1.45 bits per heavy atom. The van der Waals surface area contributed by atoms with E-state index in [1.165, 1.54) is 0 Å². The molecule has 0 aliphatic rings. The average molecular weight is 408 g/mol. The number of hydrogen-bond donors (Lipinski definition) is 1. The Labute approximate surface area is 134 Å². The fraction of sp³-hybridized carbons (Fsp3) is 0.417. The molecule has 0 aromatic carbocycles. The monoisotopic (exact) mass is 408 g/mol. The van der Waals surface area contributed by atoms with Gasteiger partial charge in [-0.25, -0.2) is 0 Å². The maximum absolute atomic E-state index is 11.0. The lowest BCUT2D eigenvalue weighted by Crippen LogP contribution is -2.10. The van der Waals surface area contributed by atoms with Crippen LogP contribution in [-0.2, 0) is 20.7 Å². The number of aliphatic carboxylic acids is 1. The van der Waals surface area contributed by atoms with Crippen molar-refractivity contribution < 1.29 is 19.4 Å². The molecule has 0 saturated carbocycles. The van der Waals surface area contributed by atoms with Crippen LogP contribution in [0.1, 0.15) is 18.5 Å². The molecule has 8 heteroatoms. The fourth-order valence-electron chi connectivity index (χ4n) is 1.10. The van der Waals surface area contributed by atoms with Crippen molar-refractivity contribution in [2.24, 2.45) is 0 Å². The smallest absolute Gasteiger partial charge is 0.306 e. The van der Waals surface area contributed by atoms with Gasteiger partial charge in [-0.05, 0) is 12.1 Å². The number of hydrogen-bond acceptors (Lipinski definition) is 4. The molecule has 1 N–H and O–H groups in total. The second-order valence-corrected chi connectivity index (χ2v) is 6.25. The van der Waals surface area contributed by atoms with Crippen molar-refractivity contribution in [3.63, 3.8) is 0 Å². The zero-order valence-electron chi connectivity index (χ0n) is 11.2. The number of carboxylic acids is 1. The highest BCUT2D eigenvalue weighted by atomic mass is 127. The highest BCUT2D eigenvalue weighted by Crippen LogP contribution is 2.00. The van der Waals surface area contributed by atoms with Gasteiger partial charge in [0.25, 0.3) is 0 Å². The van der Waals surface area contributed by atoms with Crippen LogP contribution in [0, 0.1) is 0 Å². The minimum absolute atomic E-state index is 0.0858. The van der Waals surface area contributed by atoms with Crippen LogP contribution >= 0.6 is 30.8 Å². The zero-order chi connectivity index (χ0) is 15.2. The lowest BCUT2D eigenvalue weighted by Gasteiger charge is -2.03. The first-order valence-electron chi connectivity index (χ1n) is 5.96. The molecule has 1 radical (unpaired) electrons. The molecule has 0 saturated heterocycles. The number of nitrogens with zero attached hydrogens (tertiary/aromatic N) is 1. The summed E-state index contributed by atoms with van der Waals surface area (Å²) in [7, 11) is 1.00. The average Bonchev–Trinajstić information content (AvgIpc) is 2.46. The first kappa shape index (κ1) is 19.3. The van der Waals surface area contributed by atoms with E-state index in [1.54, 1.807) is 6.20 Å². The van der Waals surface area contributed by atoms with E-state index in [0.717, 1.165) is 14.2 Å². The molecular formula is C12H17BINO4P. The number of halogens is 1. The van der Waals surface area contributed by atoms with Crippen LogP contribution in [0.5, 0.6) is 0 Å². The molecule has 1 heterocycles. The molecule has 0 aliphatic carbocycles. The topological polar surface area (TPSA) is 76.5 Å². The Bertz CT molecular complexity index is 392. The van der Waals surface area contributed by atoms with Crippen molar-refractivity contribution >= 4 is 47.6 Å². The summed E-state index contributed by atoms with van der Waals surface area (Å²) >= 11 is 2.24. The van der Waals surface area contributed by atoms with E-state index in [0.29, 0.717) is 6.42 Å². The van der Waals surface area contributed by atoms with Crippen LogP contribution in [0.15, 0.2) is 24.4 Å². The van der Waals surface area contributed by atoms with Gasteiger partial charge in [-0.2, -0.15) is 30.8 Å². The minimum atomic E-state index is -0.998. The number of aromatic nitrogens is 1. The van der Waals surface area contributed by atoms with Gasteiger partial charge in [0.15, 0.2) is 0 Å². The number of esters is 1. The first-order chi connectivity index (χ1) is 9.60. The van der Waals surface area contributed by atoms with Crippen LogP contribution in [0.4, 0.5) is 0 Å². The van der Waals surface area contributed by atoms with E-state index in [4.69, 9.17) is 9.84 Å². The SMILES string of the molecule is CP[B]I.O=C(O)CCC(=O)OCCc1ccccn1. The normalized spacial score (nSPS) is 9.70. The van der Waals surface area contributed by atoms with Crippen molar-refractivity contribution in [1.29, 1.82) is 0 Å². The Morgan fingerprint density at radius 3 is 2.65 bits per heavy atom. The van der Waals surface area contributed by atoms with Gasteiger partial charge in [0.1, 0.15) is 0 Å². The van der Waals surface area contributed by atoms with E-state index in [2.05, 4.69) is 38.9 Å². The molecule has 1 atom stereocenters. The molecule has 0 fully saturated rings. The minimum Gasteiger partial charge on any atom is -0.481 e. The molecule has 1 unspecified atom stereocenters. The molecule has 1 aromatic rings. The van der Waals surface area contributed by atoms with E-state index in [-0.39, 0.29) is 19.4 Å². The summed E-state index contributed by atoms with van der Waals surface area (Å²) in [5.41, 5.74) is 0.841. The van der Waals surface area contributed by atoms with Gasteiger partial charge in [0.05, 0.1) is 19.4 Å². The number of carbonyl (C=O) groups excluding carboxylic acids is 1. The number of pyridine rings is 1. The van der Waals surface area contributed by atoms with E-state index < -0.39 is 11.9 Å². The summed E-state index contributed by atoms with van der Waals surface area (Å²) in [6.45, 7) is 2.38. The molecule has 20 heavy (non-hydrogen) atoms. The number of carboxylic acid groups (broad SMARTS) is 1.